The van der Waals surface area contributed by atoms with Gasteiger partial charge in [0.25, 0.3) is 0 Å². The van der Waals surface area contributed by atoms with E-state index in [2.05, 4.69) is 48.4 Å². The Morgan fingerprint density at radius 1 is 1.33 bits per heavy atom. The van der Waals surface area contributed by atoms with Gasteiger partial charge in [-0.2, -0.15) is 0 Å². The smallest absolute Gasteiger partial charge is 0.315 e. The van der Waals surface area contributed by atoms with Crippen LogP contribution in [0.25, 0.3) is 0 Å². The molecular formula is C15H20N2O. The van der Waals surface area contributed by atoms with Crippen molar-refractivity contribution in [3.8, 4) is 0 Å². The van der Waals surface area contributed by atoms with Gasteiger partial charge in [0.1, 0.15) is 0 Å². The summed E-state index contributed by atoms with van der Waals surface area (Å²) in [5.41, 5.74) is 2.77. The van der Waals surface area contributed by atoms with Crippen molar-refractivity contribution in [3.05, 3.63) is 48.0 Å². The summed E-state index contributed by atoms with van der Waals surface area (Å²) < 4.78 is 0. The topological polar surface area (TPSA) is 41.1 Å². The molecule has 18 heavy (non-hydrogen) atoms. The van der Waals surface area contributed by atoms with E-state index in [4.69, 9.17) is 0 Å². The first-order valence-electron chi connectivity index (χ1n) is 6.36. The van der Waals surface area contributed by atoms with E-state index in [-0.39, 0.29) is 11.4 Å². The van der Waals surface area contributed by atoms with Crippen LogP contribution in [-0.4, -0.2) is 19.1 Å². The quantitative estimate of drug-likeness (QED) is 0.768. The average molecular weight is 244 g/mol. The Kier molecular flexibility index (Phi) is 3.70. The number of carbonyl (C=O) groups excluding carboxylic acids is 1. The van der Waals surface area contributed by atoms with Crippen molar-refractivity contribution in [1.29, 1.82) is 0 Å². The highest BCUT2D eigenvalue weighted by Gasteiger charge is 2.44. The summed E-state index contributed by atoms with van der Waals surface area (Å²) in [6.07, 6.45) is 3.97. The van der Waals surface area contributed by atoms with E-state index < -0.39 is 0 Å². The summed E-state index contributed by atoms with van der Waals surface area (Å²) in [5, 5.41) is 5.66. The molecule has 2 N–H and O–H groups in total. The molecule has 3 heteroatoms. The first kappa shape index (κ1) is 12.7. The first-order chi connectivity index (χ1) is 8.66. The molecule has 2 amide bonds. The number of nitrogens with one attached hydrogen (secondary N) is 2. The minimum Gasteiger partial charge on any atom is -0.337 e. The maximum absolute atomic E-state index is 11.5. The van der Waals surface area contributed by atoms with Crippen LogP contribution in [0.5, 0.6) is 0 Å². The number of hydrogen-bond acceptors (Lipinski definition) is 1. The van der Waals surface area contributed by atoms with Gasteiger partial charge in [-0.05, 0) is 25.3 Å². The van der Waals surface area contributed by atoms with Gasteiger partial charge in [0.2, 0.25) is 0 Å². The minimum atomic E-state index is -0.117. The summed E-state index contributed by atoms with van der Waals surface area (Å²) in [4.78, 5) is 11.5. The SMILES string of the molecule is C=CCNC(=O)NCC1(c2ccc(C)cc2)CC1. The second-order valence-electron chi connectivity index (χ2n) is 5.00. The molecule has 2 rings (SSSR count). The van der Waals surface area contributed by atoms with Crippen LogP contribution in [-0.2, 0) is 5.41 Å². The van der Waals surface area contributed by atoms with E-state index in [1.165, 1.54) is 11.1 Å². The van der Waals surface area contributed by atoms with Crippen LogP contribution in [0.2, 0.25) is 0 Å². The van der Waals surface area contributed by atoms with E-state index >= 15 is 0 Å². The zero-order chi connectivity index (χ0) is 13.0. The fourth-order valence-electron chi connectivity index (χ4n) is 2.10. The molecule has 1 aliphatic carbocycles. The van der Waals surface area contributed by atoms with Crippen LogP contribution < -0.4 is 10.6 Å². The van der Waals surface area contributed by atoms with Crippen LogP contribution in [0.3, 0.4) is 0 Å². The lowest BCUT2D eigenvalue weighted by Gasteiger charge is -2.17. The van der Waals surface area contributed by atoms with Crippen molar-refractivity contribution in [1.82, 2.24) is 10.6 Å². The van der Waals surface area contributed by atoms with Crippen molar-refractivity contribution >= 4 is 6.03 Å². The predicted molar refractivity (Wildman–Crippen MR) is 73.7 cm³/mol. The molecule has 0 bridgehead atoms. The molecule has 1 aromatic carbocycles. The molecule has 1 aliphatic rings. The molecule has 96 valence electrons. The van der Waals surface area contributed by atoms with Crippen LogP contribution in [0.1, 0.15) is 24.0 Å². The van der Waals surface area contributed by atoms with Gasteiger partial charge in [-0.15, -0.1) is 6.58 Å². The van der Waals surface area contributed by atoms with Crippen LogP contribution in [0.4, 0.5) is 4.79 Å². The normalized spacial score (nSPS) is 15.8. The zero-order valence-electron chi connectivity index (χ0n) is 10.8. The van der Waals surface area contributed by atoms with E-state index in [0.29, 0.717) is 13.1 Å². The molecule has 1 saturated carbocycles. The molecule has 0 heterocycles. The summed E-state index contributed by atoms with van der Waals surface area (Å²) >= 11 is 0. The lowest BCUT2D eigenvalue weighted by Crippen LogP contribution is -2.39. The Bertz CT molecular complexity index is 432. The van der Waals surface area contributed by atoms with Gasteiger partial charge in [-0.25, -0.2) is 4.79 Å². The van der Waals surface area contributed by atoms with Gasteiger partial charge in [-0.1, -0.05) is 35.9 Å². The summed E-state index contributed by atoms with van der Waals surface area (Å²) in [6.45, 7) is 6.87. The number of benzene rings is 1. The van der Waals surface area contributed by atoms with E-state index in [1.807, 2.05) is 0 Å². The highest BCUT2D eigenvalue weighted by Crippen LogP contribution is 2.47. The molecule has 0 unspecified atom stereocenters. The van der Waals surface area contributed by atoms with E-state index in [1.54, 1.807) is 6.08 Å². The van der Waals surface area contributed by atoms with Crippen molar-refractivity contribution < 1.29 is 4.79 Å². The molecule has 0 aliphatic heterocycles. The standard InChI is InChI=1S/C15H20N2O/c1-3-10-16-14(18)17-11-15(8-9-15)13-6-4-12(2)5-7-13/h3-7H,1,8-11H2,2H3,(H2,16,17,18). The van der Waals surface area contributed by atoms with Crippen LogP contribution in [0, 0.1) is 6.92 Å². The van der Waals surface area contributed by atoms with Crippen molar-refractivity contribution in [2.24, 2.45) is 0 Å². The van der Waals surface area contributed by atoms with Crippen molar-refractivity contribution in [2.45, 2.75) is 25.2 Å². The summed E-state index contributed by atoms with van der Waals surface area (Å²) in [7, 11) is 0. The van der Waals surface area contributed by atoms with Crippen LogP contribution in [0.15, 0.2) is 36.9 Å². The van der Waals surface area contributed by atoms with E-state index in [9.17, 15) is 4.79 Å². The summed E-state index contributed by atoms with van der Waals surface area (Å²) in [6, 6.07) is 8.49. The minimum absolute atomic E-state index is 0.117. The molecule has 0 atom stereocenters. The zero-order valence-corrected chi connectivity index (χ0v) is 10.8. The lowest BCUT2D eigenvalue weighted by molar-refractivity contribution is 0.241. The maximum Gasteiger partial charge on any atom is 0.315 e. The number of aryl methyl sites for hydroxylation is 1. The van der Waals surface area contributed by atoms with Crippen molar-refractivity contribution in [3.63, 3.8) is 0 Å². The molecule has 0 radical (unpaired) electrons. The molecular weight excluding hydrogens is 224 g/mol. The third kappa shape index (κ3) is 2.92. The number of hydrogen-bond donors (Lipinski definition) is 2. The van der Waals surface area contributed by atoms with Gasteiger partial charge < -0.3 is 10.6 Å². The first-order valence-corrected chi connectivity index (χ1v) is 6.36. The van der Waals surface area contributed by atoms with Crippen LogP contribution >= 0.6 is 0 Å². The monoisotopic (exact) mass is 244 g/mol. The molecule has 0 spiro atoms. The molecule has 0 aromatic heterocycles. The van der Waals surface area contributed by atoms with Gasteiger partial charge in [0.15, 0.2) is 0 Å². The van der Waals surface area contributed by atoms with E-state index in [0.717, 1.165) is 12.8 Å². The fourth-order valence-corrected chi connectivity index (χ4v) is 2.10. The Hall–Kier alpha value is -1.77. The second-order valence-corrected chi connectivity index (χ2v) is 5.00. The lowest BCUT2D eigenvalue weighted by atomic mass is 9.95. The second kappa shape index (κ2) is 5.25. The van der Waals surface area contributed by atoms with Gasteiger partial charge in [0.05, 0.1) is 0 Å². The third-order valence-corrected chi connectivity index (χ3v) is 3.51. The predicted octanol–water partition coefficient (Wildman–Crippen LogP) is 2.51. The Morgan fingerprint density at radius 3 is 2.56 bits per heavy atom. The summed E-state index contributed by atoms with van der Waals surface area (Å²) in [5.74, 6) is 0. The highest BCUT2D eigenvalue weighted by molar-refractivity contribution is 5.74. The van der Waals surface area contributed by atoms with Gasteiger partial charge >= 0.3 is 6.03 Å². The molecule has 1 aromatic rings. The number of amides is 2. The number of rotatable bonds is 5. The van der Waals surface area contributed by atoms with Gasteiger partial charge in [-0.3, -0.25) is 0 Å². The number of carbonyl (C=O) groups is 1. The Labute approximate surface area is 108 Å². The Balaban J connectivity index is 1.90. The largest absolute Gasteiger partial charge is 0.337 e. The Morgan fingerprint density at radius 2 is 2.00 bits per heavy atom. The maximum atomic E-state index is 11.5. The molecule has 1 fully saturated rings. The third-order valence-electron chi connectivity index (χ3n) is 3.51. The molecule has 3 nitrogen and oxygen atoms in total. The molecule has 0 saturated heterocycles. The van der Waals surface area contributed by atoms with Crippen molar-refractivity contribution in [2.75, 3.05) is 13.1 Å². The highest BCUT2D eigenvalue weighted by atomic mass is 16.2. The fraction of sp³-hybridized carbons (Fsp3) is 0.400. The average Bonchev–Trinajstić information content (AvgIpc) is 3.16. The number of urea groups is 1. The van der Waals surface area contributed by atoms with Gasteiger partial charge in [0, 0.05) is 18.5 Å².